The van der Waals surface area contributed by atoms with E-state index in [1.54, 1.807) is 26.8 Å². The molecule has 210 valence electrons. The highest BCUT2D eigenvalue weighted by Crippen LogP contribution is 2.75. The molecule has 1 unspecified atom stereocenters. The van der Waals surface area contributed by atoms with Crippen molar-refractivity contribution in [2.24, 2.45) is 34.5 Å². The molecule has 11 heteroatoms. The average Bonchev–Trinajstić information content (AvgIpc) is 3.19. The molecular formula is C28H31ClO10. The van der Waals surface area contributed by atoms with Crippen LogP contribution in [0.15, 0.2) is 12.2 Å². The van der Waals surface area contributed by atoms with E-state index in [0.29, 0.717) is 0 Å². The number of aliphatic hydroxyl groups excluding tert-OH is 1. The third-order valence-corrected chi connectivity index (χ3v) is 13.4. The third-order valence-electron chi connectivity index (χ3n) is 12.6. The van der Waals surface area contributed by atoms with E-state index in [2.05, 4.69) is 0 Å². The van der Waals surface area contributed by atoms with Gasteiger partial charge in [0.1, 0.15) is 6.10 Å². The Morgan fingerprint density at radius 2 is 1.85 bits per heavy atom. The quantitative estimate of drug-likeness (QED) is 0.323. The molecule has 5 saturated heterocycles. The molecule has 0 radical (unpaired) electrons. The zero-order valence-electron chi connectivity index (χ0n) is 21.9. The highest BCUT2D eigenvalue weighted by molar-refractivity contribution is 6.28. The maximum Gasteiger partial charge on any atom is 0.342 e. The van der Waals surface area contributed by atoms with Crippen LogP contribution in [-0.2, 0) is 38.1 Å². The highest BCUT2D eigenvalue weighted by Gasteiger charge is 2.93. The van der Waals surface area contributed by atoms with Crippen molar-refractivity contribution in [1.29, 1.82) is 0 Å². The summed E-state index contributed by atoms with van der Waals surface area (Å²) >= 11 is 7.12. The van der Waals surface area contributed by atoms with E-state index in [1.807, 2.05) is 0 Å². The van der Waals surface area contributed by atoms with Gasteiger partial charge in [-0.15, -0.1) is 11.6 Å². The van der Waals surface area contributed by atoms with E-state index >= 15 is 0 Å². The van der Waals surface area contributed by atoms with Crippen LogP contribution in [0.2, 0.25) is 0 Å². The molecule has 0 aromatic carbocycles. The second-order valence-corrected chi connectivity index (χ2v) is 14.4. The summed E-state index contributed by atoms with van der Waals surface area (Å²) in [6.45, 7) is 4.87. The zero-order valence-corrected chi connectivity index (χ0v) is 22.7. The number of hydrogen-bond donors (Lipinski definition) is 2. The fourth-order valence-corrected chi connectivity index (χ4v) is 10.9. The Bertz CT molecular complexity index is 1330. The molecular weight excluding hydrogens is 532 g/mol. The Kier molecular flexibility index (Phi) is 4.23. The van der Waals surface area contributed by atoms with Crippen molar-refractivity contribution in [2.45, 2.75) is 92.5 Å². The SMILES string of the molecule is C[C@@]12C[C@H]3OC(=O)[C@@H]1CO[C@]14O[C@]5(C2C1=O)[C@@](O)(CC[C@H]1[C@H]4C[C@@H](O)[C@@]2(Cl)CC=CC(=O)[C@]12C)C(=O)O[C@@]35C. The molecule has 5 heterocycles. The molecule has 39 heavy (non-hydrogen) atoms. The van der Waals surface area contributed by atoms with Crippen molar-refractivity contribution in [2.75, 3.05) is 6.61 Å². The van der Waals surface area contributed by atoms with Crippen LogP contribution in [0.4, 0.5) is 0 Å². The molecule has 7 fully saturated rings. The fraction of sp³-hybridized carbons (Fsp3) is 0.786. The first kappa shape index (κ1) is 24.9. The van der Waals surface area contributed by atoms with Gasteiger partial charge in [0.2, 0.25) is 5.79 Å². The first-order valence-corrected chi connectivity index (χ1v) is 14.2. The lowest BCUT2D eigenvalue weighted by atomic mass is 9.46. The molecule has 2 spiro atoms. The number of hydrogen-bond acceptors (Lipinski definition) is 10. The minimum absolute atomic E-state index is 0.00137. The molecule has 0 aromatic heterocycles. The van der Waals surface area contributed by atoms with Crippen LogP contribution in [0.1, 0.15) is 52.9 Å². The molecule has 5 aliphatic heterocycles. The van der Waals surface area contributed by atoms with Crippen molar-refractivity contribution in [3.05, 3.63) is 12.2 Å². The van der Waals surface area contributed by atoms with Gasteiger partial charge in [0.25, 0.3) is 0 Å². The van der Waals surface area contributed by atoms with Gasteiger partial charge in [-0.3, -0.25) is 14.4 Å². The van der Waals surface area contributed by atoms with Crippen LogP contribution in [0.3, 0.4) is 0 Å². The summed E-state index contributed by atoms with van der Waals surface area (Å²) in [7, 11) is 0. The second kappa shape index (κ2) is 6.62. The minimum Gasteiger partial charge on any atom is -0.458 e. The Balaban J connectivity index is 1.43. The van der Waals surface area contributed by atoms with E-state index in [0.717, 1.165) is 0 Å². The summed E-state index contributed by atoms with van der Waals surface area (Å²) in [6.07, 6.45) is 1.39. The monoisotopic (exact) mass is 562 g/mol. The molecule has 0 aromatic rings. The molecule has 13 atom stereocenters. The van der Waals surface area contributed by atoms with E-state index in [9.17, 15) is 29.4 Å². The van der Waals surface area contributed by atoms with E-state index in [4.69, 9.17) is 30.5 Å². The number of rotatable bonds is 0. The first-order chi connectivity index (χ1) is 18.2. The van der Waals surface area contributed by atoms with Crippen molar-refractivity contribution in [3.63, 3.8) is 0 Å². The second-order valence-electron chi connectivity index (χ2n) is 13.7. The highest BCUT2D eigenvalue weighted by atomic mass is 35.5. The lowest BCUT2D eigenvalue weighted by Crippen LogP contribution is -2.79. The van der Waals surface area contributed by atoms with E-state index < -0.39 is 91.9 Å². The molecule has 8 rings (SSSR count). The predicted octanol–water partition coefficient (Wildman–Crippen LogP) is 0.969. The topological polar surface area (TPSA) is 146 Å². The number of ether oxygens (including phenoxy) is 4. The lowest BCUT2D eigenvalue weighted by molar-refractivity contribution is -0.378. The molecule has 3 aliphatic carbocycles. The summed E-state index contributed by atoms with van der Waals surface area (Å²) in [5.74, 6) is -7.85. The van der Waals surface area contributed by atoms with Crippen LogP contribution in [0, 0.1) is 34.5 Å². The summed E-state index contributed by atoms with van der Waals surface area (Å²) in [5, 5.41) is 24.0. The molecule has 0 amide bonds. The third kappa shape index (κ3) is 2.15. The first-order valence-electron chi connectivity index (χ1n) is 13.8. The molecule has 10 nitrogen and oxygen atoms in total. The predicted molar refractivity (Wildman–Crippen MR) is 129 cm³/mol. The average molecular weight is 563 g/mol. The van der Waals surface area contributed by atoms with E-state index in [-0.39, 0.29) is 44.5 Å². The number of aliphatic hydroxyl groups is 2. The number of allylic oxidation sites excluding steroid dienone is 2. The minimum atomic E-state index is -2.28. The van der Waals surface area contributed by atoms with Crippen LogP contribution < -0.4 is 0 Å². The van der Waals surface area contributed by atoms with Crippen molar-refractivity contribution >= 4 is 35.1 Å². The number of carbonyl (C=O) groups is 4. The van der Waals surface area contributed by atoms with Gasteiger partial charge >= 0.3 is 11.9 Å². The summed E-state index contributed by atoms with van der Waals surface area (Å²) in [4.78, 5) is 54.3. The van der Waals surface area contributed by atoms with Gasteiger partial charge < -0.3 is 29.2 Å². The number of fused-ring (bicyclic) bond motifs is 5. The number of Topliss-reactive ketones (excluding diaryl/α,β-unsaturated/α-hetero) is 1. The molecule has 2 N–H and O–H groups in total. The van der Waals surface area contributed by atoms with Crippen molar-refractivity contribution in [1.82, 2.24) is 0 Å². The van der Waals surface area contributed by atoms with Crippen molar-refractivity contribution < 1.29 is 48.3 Å². The maximum atomic E-state index is 14.9. The van der Waals surface area contributed by atoms with Gasteiger partial charge in [0.05, 0.1) is 34.8 Å². The van der Waals surface area contributed by atoms with Crippen LogP contribution >= 0.6 is 11.6 Å². The number of esters is 2. The standard InChI is InChI=1S/C28H31ClO10/c1-22-10-17-24(3)28-18(22)19(32)27(39-28,36-11-14(22)20(33)37-17)13-9-16(31)25(29)7-4-5-15(30)23(25,2)12(13)6-8-26(28,35)21(34)38-24/h4-5,12-14,16-18,31,35H,6-11H2,1-3H3/t12-,13+,14-,16+,17+,18?,22+,23-,24-,25-,26+,27+,28-/m0/s1. The van der Waals surface area contributed by atoms with Crippen LogP contribution in [0.5, 0.6) is 0 Å². The molecule has 8 aliphatic rings. The summed E-state index contributed by atoms with van der Waals surface area (Å²) in [5.41, 5.74) is -8.24. The Morgan fingerprint density at radius 3 is 2.59 bits per heavy atom. The summed E-state index contributed by atoms with van der Waals surface area (Å²) in [6, 6.07) is 0. The Labute approximate surface area is 229 Å². The largest absolute Gasteiger partial charge is 0.458 e. The molecule has 5 bridgehead atoms. The lowest BCUT2D eigenvalue weighted by Gasteiger charge is -2.64. The number of carbonyl (C=O) groups excluding carboxylic acids is 4. The summed E-state index contributed by atoms with van der Waals surface area (Å²) < 4.78 is 25.0. The van der Waals surface area contributed by atoms with Gasteiger partial charge in [-0.25, -0.2) is 4.79 Å². The Morgan fingerprint density at radius 1 is 1.10 bits per heavy atom. The normalized spacial score (nSPS) is 62.0. The number of ketones is 2. The zero-order chi connectivity index (χ0) is 27.8. The smallest absolute Gasteiger partial charge is 0.342 e. The molecule has 2 saturated carbocycles. The van der Waals surface area contributed by atoms with Crippen LogP contribution in [-0.4, -0.2) is 80.0 Å². The van der Waals surface area contributed by atoms with Gasteiger partial charge in [-0.1, -0.05) is 19.9 Å². The van der Waals surface area contributed by atoms with Gasteiger partial charge in [-0.2, -0.15) is 0 Å². The Hall–Kier alpha value is -1.85. The van der Waals surface area contributed by atoms with Gasteiger partial charge in [0, 0.05) is 5.92 Å². The number of halogens is 1. The maximum absolute atomic E-state index is 14.9. The van der Waals surface area contributed by atoms with E-state index in [1.165, 1.54) is 6.08 Å². The fourth-order valence-electron chi connectivity index (χ4n) is 10.5. The van der Waals surface area contributed by atoms with Crippen molar-refractivity contribution in [3.8, 4) is 0 Å². The van der Waals surface area contributed by atoms with Gasteiger partial charge in [-0.05, 0) is 56.4 Å². The van der Waals surface area contributed by atoms with Crippen LogP contribution in [0.25, 0.3) is 0 Å². The van der Waals surface area contributed by atoms with Gasteiger partial charge in [0.15, 0.2) is 28.4 Å². The number of alkyl halides is 1.